The van der Waals surface area contributed by atoms with Gasteiger partial charge in [-0.1, -0.05) is 41.1 Å². The summed E-state index contributed by atoms with van der Waals surface area (Å²) in [5.74, 6) is 0.675. The molecular weight excluding hydrogens is 368 g/mol. The average Bonchev–Trinajstić information content (AvgIpc) is 3.37. The molecule has 4 rings (SSSR count). The standard InChI is InChI=1S/C22H22N4O3/c1-14-8-10-16(11-9-14)20-24-21(29-25-20)19-7-4-12-26(19)22(28)17-5-3-6-18(13-17)23-15(2)27/h3,5-6,8-11,13,19H,4,7,12H2,1-2H3,(H,23,27)/t19-/m1/s1. The van der Waals surface area contributed by atoms with Crippen molar-refractivity contribution >= 4 is 17.5 Å². The van der Waals surface area contributed by atoms with Crippen LogP contribution in [0.1, 0.15) is 47.6 Å². The summed E-state index contributed by atoms with van der Waals surface area (Å²) in [5.41, 5.74) is 3.15. The molecule has 7 heteroatoms. The average molecular weight is 390 g/mol. The summed E-state index contributed by atoms with van der Waals surface area (Å²) in [6.45, 7) is 4.08. The lowest BCUT2D eigenvalue weighted by Crippen LogP contribution is -2.30. The minimum Gasteiger partial charge on any atom is -0.337 e. The number of nitrogens with one attached hydrogen (secondary N) is 1. The molecule has 2 amide bonds. The molecule has 1 N–H and O–H groups in total. The quantitative estimate of drug-likeness (QED) is 0.728. The Labute approximate surface area is 168 Å². The number of aromatic nitrogens is 2. The summed E-state index contributed by atoms with van der Waals surface area (Å²) in [7, 11) is 0. The van der Waals surface area contributed by atoms with Crippen molar-refractivity contribution in [3.8, 4) is 11.4 Å². The third kappa shape index (κ3) is 4.03. The van der Waals surface area contributed by atoms with Crippen LogP contribution in [0.2, 0.25) is 0 Å². The molecule has 1 aromatic heterocycles. The number of carbonyl (C=O) groups is 2. The van der Waals surface area contributed by atoms with Crippen molar-refractivity contribution in [2.75, 3.05) is 11.9 Å². The van der Waals surface area contributed by atoms with E-state index >= 15 is 0 Å². The van der Waals surface area contributed by atoms with Crippen LogP contribution in [0.5, 0.6) is 0 Å². The highest BCUT2D eigenvalue weighted by molar-refractivity contribution is 5.97. The normalized spacial score (nSPS) is 16.1. The Hall–Kier alpha value is -3.48. The van der Waals surface area contributed by atoms with E-state index in [1.807, 2.05) is 31.2 Å². The largest absolute Gasteiger partial charge is 0.337 e. The van der Waals surface area contributed by atoms with E-state index < -0.39 is 0 Å². The first kappa shape index (κ1) is 18.9. The number of anilines is 1. The van der Waals surface area contributed by atoms with E-state index in [9.17, 15) is 9.59 Å². The number of aryl methyl sites for hydroxylation is 1. The predicted octanol–water partition coefficient (Wildman–Crippen LogP) is 3.98. The van der Waals surface area contributed by atoms with Gasteiger partial charge >= 0.3 is 0 Å². The summed E-state index contributed by atoms with van der Waals surface area (Å²) < 4.78 is 5.51. The van der Waals surface area contributed by atoms with Gasteiger partial charge in [-0.2, -0.15) is 4.98 Å². The summed E-state index contributed by atoms with van der Waals surface area (Å²) in [6.07, 6.45) is 1.64. The van der Waals surface area contributed by atoms with Crippen molar-refractivity contribution in [2.45, 2.75) is 32.7 Å². The van der Waals surface area contributed by atoms with Crippen LogP contribution in [-0.4, -0.2) is 33.4 Å². The van der Waals surface area contributed by atoms with Crippen LogP contribution in [0.15, 0.2) is 53.1 Å². The highest BCUT2D eigenvalue weighted by atomic mass is 16.5. The summed E-state index contributed by atoms with van der Waals surface area (Å²) >= 11 is 0. The van der Waals surface area contributed by atoms with Crippen molar-refractivity contribution in [1.29, 1.82) is 0 Å². The fourth-order valence-corrected chi connectivity index (χ4v) is 3.56. The summed E-state index contributed by atoms with van der Waals surface area (Å²) in [5, 5.41) is 6.81. The van der Waals surface area contributed by atoms with Gasteiger partial charge in [0.1, 0.15) is 6.04 Å². The van der Waals surface area contributed by atoms with Gasteiger partial charge in [-0.05, 0) is 38.0 Å². The van der Waals surface area contributed by atoms with Gasteiger partial charge in [-0.25, -0.2) is 0 Å². The van der Waals surface area contributed by atoms with Gasteiger partial charge in [0.25, 0.3) is 5.91 Å². The monoisotopic (exact) mass is 390 g/mol. The second-order valence-corrected chi connectivity index (χ2v) is 7.24. The van der Waals surface area contributed by atoms with E-state index in [2.05, 4.69) is 15.5 Å². The lowest BCUT2D eigenvalue weighted by atomic mass is 10.1. The van der Waals surface area contributed by atoms with Crippen LogP contribution >= 0.6 is 0 Å². The zero-order valence-corrected chi connectivity index (χ0v) is 16.4. The highest BCUT2D eigenvalue weighted by Crippen LogP contribution is 2.33. The van der Waals surface area contributed by atoms with Crippen molar-refractivity contribution in [3.63, 3.8) is 0 Å². The number of hydrogen-bond acceptors (Lipinski definition) is 5. The van der Waals surface area contributed by atoms with Crippen LogP contribution in [0.4, 0.5) is 5.69 Å². The molecule has 1 fully saturated rings. The predicted molar refractivity (Wildman–Crippen MR) is 108 cm³/mol. The summed E-state index contributed by atoms with van der Waals surface area (Å²) in [6, 6.07) is 14.6. The fourth-order valence-electron chi connectivity index (χ4n) is 3.56. The molecule has 1 aliphatic heterocycles. The van der Waals surface area contributed by atoms with Crippen molar-refractivity contribution < 1.29 is 14.1 Å². The molecule has 29 heavy (non-hydrogen) atoms. The third-order valence-corrected chi connectivity index (χ3v) is 4.98. The smallest absolute Gasteiger partial charge is 0.254 e. The molecule has 0 saturated carbocycles. The molecule has 0 aliphatic carbocycles. The maximum absolute atomic E-state index is 13.1. The SMILES string of the molecule is CC(=O)Nc1cccc(C(=O)N2CCC[C@@H]2c2nc(-c3ccc(C)cc3)no2)c1. The molecule has 1 saturated heterocycles. The molecule has 0 spiro atoms. The molecule has 2 aromatic carbocycles. The molecule has 0 unspecified atom stereocenters. The van der Waals surface area contributed by atoms with E-state index in [1.54, 1.807) is 29.2 Å². The number of nitrogens with zero attached hydrogens (tertiary/aromatic N) is 3. The van der Waals surface area contributed by atoms with Gasteiger partial charge in [0.15, 0.2) is 0 Å². The zero-order chi connectivity index (χ0) is 20.4. The first-order valence-corrected chi connectivity index (χ1v) is 9.60. The minimum atomic E-state index is -0.251. The van der Waals surface area contributed by atoms with Crippen LogP contribution < -0.4 is 5.32 Å². The lowest BCUT2D eigenvalue weighted by molar-refractivity contribution is -0.114. The Bertz CT molecular complexity index is 1040. The molecule has 2 heterocycles. The zero-order valence-electron chi connectivity index (χ0n) is 16.4. The Morgan fingerprint density at radius 2 is 1.97 bits per heavy atom. The van der Waals surface area contributed by atoms with Gasteiger partial charge in [0, 0.05) is 30.3 Å². The third-order valence-electron chi connectivity index (χ3n) is 4.98. The van der Waals surface area contributed by atoms with Gasteiger partial charge in [0.2, 0.25) is 17.6 Å². The number of carbonyl (C=O) groups excluding carboxylic acids is 2. The Morgan fingerprint density at radius 3 is 2.72 bits per heavy atom. The maximum atomic E-state index is 13.1. The molecule has 7 nitrogen and oxygen atoms in total. The second-order valence-electron chi connectivity index (χ2n) is 7.24. The van der Waals surface area contributed by atoms with Crippen molar-refractivity contribution in [3.05, 3.63) is 65.5 Å². The second kappa shape index (κ2) is 7.87. The molecule has 0 radical (unpaired) electrons. The lowest BCUT2D eigenvalue weighted by Gasteiger charge is -2.22. The van der Waals surface area contributed by atoms with Crippen LogP contribution in [0, 0.1) is 6.92 Å². The van der Waals surface area contributed by atoms with Crippen LogP contribution in [0.25, 0.3) is 11.4 Å². The summed E-state index contributed by atoms with van der Waals surface area (Å²) in [4.78, 5) is 30.7. The Kier molecular flexibility index (Phi) is 5.12. The topological polar surface area (TPSA) is 88.3 Å². The Morgan fingerprint density at radius 1 is 1.17 bits per heavy atom. The van der Waals surface area contributed by atoms with Crippen LogP contribution in [-0.2, 0) is 4.79 Å². The highest BCUT2D eigenvalue weighted by Gasteiger charge is 2.34. The van der Waals surface area contributed by atoms with Crippen molar-refractivity contribution in [1.82, 2.24) is 15.0 Å². The molecule has 0 bridgehead atoms. The minimum absolute atomic E-state index is 0.116. The number of rotatable bonds is 4. The molecule has 3 aromatic rings. The number of likely N-dealkylation sites (tertiary alicyclic amines) is 1. The number of amides is 2. The van der Waals surface area contributed by atoms with E-state index in [0.29, 0.717) is 29.5 Å². The number of hydrogen-bond donors (Lipinski definition) is 1. The van der Waals surface area contributed by atoms with E-state index in [1.165, 1.54) is 6.92 Å². The molecule has 1 aliphatic rings. The molecular formula is C22H22N4O3. The maximum Gasteiger partial charge on any atom is 0.254 e. The number of benzene rings is 2. The fraction of sp³-hybridized carbons (Fsp3) is 0.273. The van der Waals surface area contributed by atoms with E-state index in [-0.39, 0.29) is 17.9 Å². The first-order chi connectivity index (χ1) is 14.0. The Balaban J connectivity index is 1.56. The van der Waals surface area contributed by atoms with E-state index in [0.717, 1.165) is 24.0 Å². The van der Waals surface area contributed by atoms with Gasteiger partial charge in [-0.15, -0.1) is 0 Å². The first-order valence-electron chi connectivity index (χ1n) is 9.60. The van der Waals surface area contributed by atoms with Gasteiger partial charge < -0.3 is 14.7 Å². The van der Waals surface area contributed by atoms with Gasteiger partial charge in [0.05, 0.1) is 0 Å². The van der Waals surface area contributed by atoms with E-state index in [4.69, 9.17) is 4.52 Å². The van der Waals surface area contributed by atoms with Gasteiger partial charge in [-0.3, -0.25) is 9.59 Å². The molecule has 1 atom stereocenters. The molecule has 148 valence electrons. The van der Waals surface area contributed by atoms with Crippen LogP contribution in [0.3, 0.4) is 0 Å². The van der Waals surface area contributed by atoms with Crippen molar-refractivity contribution in [2.24, 2.45) is 0 Å².